The lowest BCUT2D eigenvalue weighted by atomic mass is 10.0. The first kappa shape index (κ1) is 11.8. The monoisotopic (exact) mass is 306 g/mol. The van der Waals surface area contributed by atoms with Crippen molar-refractivity contribution in [3.05, 3.63) is 27.3 Å². The summed E-state index contributed by atoms with van der Waals surface area (Å²) in [6.07, 6.45) is 0. The molecule has 1 aromatic carbocycles. The van der Waals surface area contributed by atoms with Gasteiger partial charge in [0.25, 0.3) is 0 Å². The minimum absolute atomic E-state index is 0.303. The van der Waals surface area contributed by atoms with Gasteiger partial charge in [0.15, 0.2) is 6.79 Å². The summed E-state index contributed by atoms with van der Waals surface area (Å²) in [5.41, 5.74) is 1.29. The standard InChI is InChI=1S/C11H15IO2/c1-8(2)9-4-5-10(12)11(6-9)14-7-13-3/h4-6,8H,7H2,1-3H3. The molecule has 0 aromatic heterocycles. The SMILES string of the molecule is COCOc1cc(C(C)C)ccc1I. The average Bonchev–Trinajstić information content (AvgIpc) is 2.16. The molecule has 0 radical (unpaired) electrons. The maximum Gasteiger partial charge on any atom is 0.188 e. The van der Waals surface area contributed by atoms with Crippen LogP contribution in [0, 0.1) is 3.57 Å². The molecule has 0 atom stereocenters. The van der Waals surface area contributed by atoms with Crippen molar-refractivity contribution in [1.82, 2.24) is 0 Å². The van der Waals surface area contributed by atoms with Crippen LogP contribution in [0.4, 0.5) is 0 Å². The molecule has 0 aliphatic heterocycles. The fourth-order valence-corrected chi connectivity index (χ4v) is 1.60. The number of rotatable bonds is 4. The maximum absolute atomic E-state index is 5.45. The summed E-state index contributed by atoms with van der Waals surface area (Å²) >= 11 is 2.26. The summed E-state index contributed by atoms with van der Waals surface area (Å²) in [7, 11) is 1.62. The second kappa shape index (κ2) is 5.56. The molecule has 14 heavy (non-hydrogen) atoms. The van der Waals surface area contributed by atoms with Gasteiger partial charge in [-0.15, -0.1) is 0 Å². The van der Waals surface area contributed by atoms with Crippen molar-refractivity contribution in [3.63, 3.8) is 0 Å². The fraction of sp³-hybridized carbons (Fsp3) is 0.455. The van der Waals surface area contributed by atoms with Gasteiger partial charge < -0.3 is 9.47 Å². The van der Waals surface area contributed by atoms with E-state index in [1.807, 2.05) is 0 Å². The van der Waals surface area contributed by atoms with Gasteiger partial charge in [-0.1, -0.05) is 19.9 Å². The van der Waals surface area contributed by atoms with E-state index in [2.05, 4.69) is 54.6 Å². The summed E-state index contributed by atoms with van der Waals surface area (Å²) < 4.78 is 11.4. The summed E-state index contributed by atoms with van der Waals surface area (Å²) in [4.78, 5) is 0. The molecular weight excluding hydrogens is 291 g/mol. The van der Waals surface area contributed by atoms with Crippen LogP contribution >= 0.6 is 22.6 Å². The molecule has 0 heterocycles. The van der Waals surface area contributed by atoms with E-state index in [0.29, 0.717) is 12.7 Å². The molecule has 0 fully saturated rings. The number of benzene rings is 1. The highest BCUT2D eigenvalue weighted by molar-refractivity contribution is 14.1. The predicted molar refractivity (Wildman–Crippen MR) is 65.8 cm³/mol. The van der Waals surface area contributed by atoms with Crippen LogP contribution < -0.4 is 4.74 Å². The Morgan fingerprint density at radius 2 is 2.07 bits per heavy atom. The number of hydrogen-bond donors (Lipinski definition) is 0. The zero-order chi connectivity index (χ0) is 10.6. The number of hydrogen-bond acceptors (Lipinski definition) is 2. The topological polar surface area (TPSA) is 18.5 Å². The van der Waals surface area contributed by atoms with Gasteiger partial charge in [0, 0.05) is 7.11 Å². The van der Waals surface area contributed by atoms with E-state index < -0.39 is 0 Å². The van der Waals surface area contributed by atoms with Crippen LogP contribution in [0.2, 0.25) is 0 Å². The first-order valence-corrected chi connectivity index (χ1v) is 5.64. The van der Waals surface area contributed by atoms with Gasteiger partial charge in [0.2, 0.25) is 0 Å². The van der Waals surface area contributed by atoms with Gasteiger partial charge in [-0.25, -0.2) is 0 Å². The Hall–Kier alpha value is -0.290. The van der Waals surface area contributed by atoms with Crippen molar-refractivity contribution in [2.75, 3.05) is 13.9 Å². The van der Waals surface area contributed by atoms with Gasteiger partial charge in [0.05, 0.1) is 3.57 Å². The van der Waals surface area contributed by atoms with E-state index in [0.717, 1.165) is 9.32 Å². The van der Waals surface area contributed by atoms with E-state index >= 15 is 0 Å². The van der Waals surface area contributed by atoms with Gasteiger partial charge in [-0.3, -0.25) is 0 Å². The quantitative estimate of drug-likeness (QED) is 0.627. The molecule has 0 amide bonds. The van der Waals surface area contributed by atoms with Crippen molar-refractivity contribution < 1.29 is 9.47 Å². The molecule has 1 aromatic rings. The highest BCUT2D eigenvalue weighted by Gasteiger charge is 2.05. The van der Waals surface area contributed by atoms with Crippen LogP contribution in [-0.4, -0.2) is 13.9 Å². The smallest absolute Gasteiger partial charge is 0.188 e. The Balaban J connectivity index is 2.85. The zero-order valence-electron chi connectivity index (χ0n) is 8.71. The molecule has 0 aliphatic rings. The maximum atomic E-state index is 5.45. The van der Waals surface area contributed by atoms with Crippen molar-refractivity contribution in [2.24, 2.45) is 0 Å². The third-order valence-electron chi connectivity index (χ3n) is 1.95. The van der Waals surface area contributed by atoms with Crippen molar-refractivity contribution in [3.8, 4) is 5.75 Å². The summed E-state index contributed by atoms with van der Waals surface area (Å²) in [6, 6.07) is 6.28. The van der Waals surface area contributed by atoms with Crippen molar-refractivity contribution >= 4 is 22.6 Å². The molecule has 0 spiro atoms. The Bertz CT molecular complexity index is 297. The summed E-state index contributed by atoms with van der Waals surface area (Å²) in [5, 5.41) is 0. The van der Waals surface area contributed by atoms with Crippen LogP contribution in [0.5, 0.6) is 5.75 Å². The van der Waals surface area contributed by atoms with E-state index in [1.165, 1.54) is 5.56 Å². The van der Waals surface area contributed by atoms with Gasteiger partial charge in [0.1, 0.15) is 5.75 Å². The van der Waals surface area contributed by atoms with E-state index in [4.69, 9.17) is 9.47 Å². The molecule has 0 bridgehead atoms. The highest BCUT2D eigenvalue weighted by Crippen LogP contribution is 2.25. The Kier molecular flexibility index (Phi) is 4.68. The molecule has 0 N–H and O–H groups in total. The third-order valence-corrected chi connectivity index (χ3v) is 2.85. The minimum Gasteiger partial charge on any atom is -0.466 e. The average molecular weight is 306 g/mol. The first-order valence-electron chi connectivity index (χ1n) is 4.56. The normalized spacial score (nSPS) is 10.6. The molecular formula is C11H15IO2. The summed E-state index contributed by atoms with van der Waals surface area (Å²) in [5.74, 6) is 1.43. The molecule has 0 aliphatic carbocycles. The molecule has 78 valence electrons. The van der Waals surface area contributed by atoms with Crippen LogP contribution in [0.3, 0.4) is 0 Å². The zero-order valence-corrected chi connectivity index (χ0v) is 10.9. The van der Waals surface area contributed by atoms with Gasteiger partial charge >= 0.3 is 0 Å². The molecule has 2 nitrogen and oxygen atoms in total. The highest BCUT2D eigenvalue weighted by atomic mass is 127. The second-order valence-corrected chi connectivity index (χ2v) is 4.56. The first-order chi connectivity index (χ1) is 6.65. The molecule has 0 saturated carbocycles. The van der Waals surface area contributed by atoms with Crippen LogP contribution in [-0.2, 0) is 4.74 Å². The molecule has 3 heteroatoms. The summed E-state index contributed by atoms with van der Waals surface area (Å²) in [6.45, 7) is 4.64. The second-order valence-electron chi connectivity index (χ2n) is 3.40. The lowest BCUT2D eigenvalue weighted by Gasteiger charge is -2.11. The molecule has 0 unspecified atom stereocenters. The lowest BCUT2D eigenvalue weighted by Crippen LogP contribution is -2.01. The van der Waals surface area contributed by atoms with E-state index in [-0.39, 0.29) is 0 Å². The van der Waals surface area contributed by atoms with E-state index in [1.54, 1.807) is 7.11 Å². The molecule has 0 saturated heterocycles. The van der Waals surface area contributed by atoms with Gasteiger partial charge in [-0.2, -0.15) is 0 Å². The van der Waals surface area contributed by atoms with Crippen LogP contribution in [0.25, 0.3) is 0 Å². The Labute approximate surface area is 98.7 Å². The largest absolute Gasteiger partial charge is 0.466 e. The predicted octanol–water partition coefficient (Wildman–Crippen LogP) is 3.40. The Morgan fingerprint density at radius 1 is 1.36 bits per heavy atom. The number of halogens is 1. The van der Waals surface area contributed by atoms with Gasteiger partial charge in [-0.05, 0) is 46.2 Å². The van der Waals surface area contributed by atoms with Crippen molar-refractivity contribution in [1.29, 1.82) is 0 Å². The Morgan fingerprint density at radius 3 is 2.64 bits per heavy atom. The third kappa shape index (κ3) is 3.13. The number of ether oxygens (including phenoxy) is 2. The minimum atomic E-state index is 0.303. The number of methoxy groups -OCH3 is 1. The van der Waals surface area contributed by atoms with Crippen LogP contribution in [0.15, 0.2) is 18.2 Å². The molecule has 1 rings (SSSR count). The fourth-order valence-electron chi connectivity index (χ4n) is 1.11. The van der Waals surface area contributed by atoms with E-state index in [9.17, 15) is 0 Å². The van der Waals surface area contributed by atoms with Crippen molar-refractivity contribution in [2.45, 2.75) is 19.8 Å². The van der Waals surface area contributed by atoms with Crippen LogP contribution in [0.1, 0.15) is 25.3 Å². The lowest BCUT2D eigenvalue weighted by molar-refractivity contribution is 0.0504.